The maximum absolute atomic E-state index is 12.8. The van der Waals surface area contributed by atoms with Gasteiger partial charge in [0.05, 0.1) is 23.1 Å². The van der Waals surface area contributed by atoms with Crippen molar-refractivity contribution in [3.05, 3.63) is 83.2 Å². The first-order chi connectivity index (χ1) is 15.6. The van der Waals surface area contributed by atoms with Crippen LogP contribution >= 0.6 is 0 Å². The van der Waals surface area contributed by atoms with E-state index in [1.54, 1.807) is 6.20 Å². The molecule has 1 amide bonds. The fourth-order valence-electron chi connectivity index (χ4n) is 4.25. The van der Waals surface area contributed by atoms with Gasteiger partial charge in [0.15, 0.2) is 0 Å². The number of carbonyl (C=O) groups is 1. The Bertz CT molecular complexity index is 1000. The molecule has 1 aromatic heterocycles. The van der Waals surface area contributed by atoms with Gasteiger partial charge in [0.1, 0.15) is 0 Å². The van der Waals surface area contributed by atoms with E-state index < -0.39 is 0 Å². The fraction of sp³-hybridized carbons (Fsp3) is 0.385. The van der Waals surface area contributed by atoms with E-state index in [0.717, 1.165) is 57.1 Å². The molecule has 168 valence electrons. The van der Waals surface area contributed by atoms with Gasteiger partial charge in [-0.05, 0) is 31.0 Å². The van der Waals surface area contributed by atoms with Gasteiger partial charge in [-0.3, -0.25) is 14.6 Å². The van der Waals surface area contributed by atoms with Crippen LogP contribution in [0.15, 0.2) is 60.8 Å². The third-order valence-electron chi connectivity index (χ3n) is 6.15. The standard InChI is InChI=1S/C26H33N5O/c1-3-25-24(19-28-31(25)23-11-9-21(2)10-12-23)26(32)27-13-14-29-15-17-30(18-16-29)20-22-7-5-4-6-8-22/h4-12,19H,3,13-18,20H2,1-2H3,(H,27,32). The van der Waals surface area contributed by atoms with Crippen LogP contribution in [0, 0.1) is 6.92 Å². The number of benzene rings is 2. The molecule has 6 nitrogen and oxygen atoms in total. The van der Waals surface area contributed by atoms with Gasteiger partial charge in [0.2, 0.25) is 0 Å². The van der Waals surface area contributed by atoms with Crippen molar-refractivity contribution < 1.29 is 4.79 Å². The Morgan fingerprint density at radius 2 is 1.66 bits per heavy atom. The van der Waals surface area contributed by atoms with Crippen molar-refractivity contribution in [2.45, 2.75) is 26.8 Å². The first-order valence-corrected chi connectivity index (χ1v) is 11.5. The van der Waals surface area contributed by atoms with Gasteiger partial charge in [-0.1, -0.05) is 55.0 Å². The molecule has 0 spiro atoms. The topological polar surface area (TPSA) is 53.4 Å². The van der Waals surface area contributed by atoms with Crippen LogP contribution in [0.2, 0.25) is 0 Å². The molecular formula is C26H33N5O. The molecule has 0 unspecified atom stereocenters. The van der Waals surface area contributed by atoms with Crippen LogP contribution in [-0.4, -0.2) is 64.8 Å². The van der Waals surface area contributed by atoms with Gasteiger partial charge in [-0.15, -0.1) is 0 Å². The summed E-state index contributed by atoms with van der Waals surface area (Å²) in [6.07, 6.45) is 2.44. The Morgan fingerprint density at radius 3 is 2.34 bits per heavy atom. The maximum Gasteiger partial charge on any atom is 0.254 e. The Hall–Kier alpha value is -2.96. The Kier molecular flexibility index (Phi) is 7.35. The van der Waals surface area contributed by atoms with Crippen LogP contribution in [-0.2, 0) is 13.0 Å². The second kappa shape index (κ2) is 10.6. The minimum Gasteiger partial charge on any atom is -0.351 e. The molecule has 1 saturated heterocycles. The second-order valence-corrected chi connectivity index (χ2v) is 8.47. The van der Waals surface area contributed by atoms with E-state index in [-0.39, 0.29) is 5.91 Å². The molecule has 2 aromatic carbocycles. The number of aryl methyl sites for hydroxylation is 1. The van der Waals surface area contributed by atoms with Crippen molar-refractivity contribution in [1.29, 1.82) is 0 Å². The summed E-state index contributed by atoms with van der Waals surface area (Å²) in [5, 5.41) is 7.59. The quantitative estimate of drug-likeness (QED) is 0.595. The number of piperazine rings is 1. The number of carbonyl (C=O) groups excluding carboxylic acids is 1. The zero-order chi connectivity index (χ0) is 22.3. The maximum atomic E-state index is 12.8. The summed E-state index contributed by atoms with van der Waals surface area (Å²) in [6.45, 7) is 10.9. The lowest BCUT2D eigenvalue weighted by Crippen LogP contribution is -2.48. The smallest absolute Gasteiger partial charge is 0.254 e. The van der Waals surface area contributed by atoms with Gasteiger partial charge in [0.25, 0.3) is 5.91 Å². The summed E-state index contributed by atoms with van der Waals surface area (Å²) in [6, 6.07) is 18.9. The van der Waals surface area contributed by atoms with Crippen LogP contribution in [0.3, 0.4) is 0 Å². The number of nitrogens with one attached hydrogen (secondary N) is 1. The molecule has 32 heavy (non-hydrogen) atoms. The fourth-order valence-corrected chi connectivity index (χ4v) is 4.25. The van der Waals surface area contributed by atoms with E-state index >= 15 is 0 Å². The molecule has 3 aromatic rings. The van der Waals surface area contributed by atoms with E-state index in [2.05, 4.69) is 76.5 Å². The van der Waals surface area contributed by atoms with E-state index in [4.69, 9.17) is 0 Å². The predicted molar refractivity (Wildman–Crippen MR) is 128 cm³/mol. The number of aromatic nitrogens is 2. The lowest BCUT2D eigenvalue weighted by molar-refractivity contribution is 0.0933. The van der Waals surface area contributed by atoms with Gasteiger partial charge >= 0.3 is 0 Å². The monoisotopic (exact) mass is 431 g/mol. The lowest BCUT2D eigenvalue weighted by Gasteiger charge is -2.34. The van der Waals surface area contributed by atoms with Crippen molar-refractivity contribution >= 4 is 5.91 Å². The molecular weight excluding hydrogens is 398 g/mol. The average molecular weight is 432 g/mol. The molecule has 4 rings (SSSR count). The number of amides is 1. The van der Waals surface area contributed by atoms with Crippen LogP contribution in [0.25, 0.3) is 5.69 Å². The first-order valence-electron chi connectivity index (χ1n) is 11.5. The van der Waals surface area contributed by atoms with E-state index in [1.807, 2.05) is 16.8 Å². The van der Waals surface area contributed by atoms with E-state index in [1.165, 1.54) is 11.1 Å². The molecule has 2 heterocycles. The van der Waals surface area contributed by atoms with E-state index in [0.29, 0.717) is 12.1 Å². The molecule has 0 bridgehead atoms. The molecule has 1 fully saturated rings. The van der Waals surface area contributed by atoms with Crippen LogP contribution in [0.1, 0.15) is 34.1 Å². The highest BCUT2D eigenvalue weighted by molar-refractivity contribution is 5.95. The average Bonchev–Trinajstić information content (AvgIpc) is 3.25. The summed E-state index contributed by atoms with van der Waals surface area (Å²) >= 11 is 0. The highest BCUT2D eigenvalue weighted by atomic mass is 16.1. The third kappa shape index (κ3) is 5.44. The molecule has 6 heteroatoms. The highest BCUT2D eigenvalue weighted by Gasteiger charge is 2.19. The first kappa shape index (κ1) is 22.2. The number of hydrogen-bond acceptors (Lipinski definition) is 4. The molecule has 1 aliphatic rings. The highest BCUT2D eigenvalue weighted by Crippen LogP contribution is 2.16. The largest absolute Gasteiger partial charge is 0.351 e. The zero-order valence-electron chi connectivity index (χ0n) is 19.1. The molecule has 1 aliphatic heterocycles. The number of rotatable bonds is 8. The van der Waals surface area contributed by atoms with Crippen molar-refractivity contribution in [1.82, 2.24) is 24.9 Å². The minimum absolute atomic E-state index is 0.0390. The normalized spacial score (nSPS) is 15.1. The summed E-state index contributed by atoms with van der Waals surface area (Å²) in [7, 11) is 0. The molecule has 0 atom stereocenters. The van der Waals surface area contributed by atoms with Gasteiger partial charge in [-0.2, -0.15) is 5.10 Å². The molecule has 1 N–H and O–H groups in total. The van der Waals surface area contributed by atoms with Crippen molar-refractivity contribution in [3.8, 4) is 5.69 Å². The Balaban J connectivity index is 1.25. The lowest BCUT2D eigenvalue weighted by atomic mass is 10.1. The number of nitrogens with zero attached hydrogens (tertiary/aromatic N) is 4. The summed E-state index contributed by atoms with van der Waals surface area (Å²) in [4.78, 5) is 17.8. The minimum atomic E-state index is -0.0390. The van der Waals surface area contributed by atoms with Gasteiger partial charge in [0, 0.05) is 45.8 Å². The van der Waals surface area contributed by atoms with Crippen molar-refractivity contribution in [3.63, 3.8) is 0 Å². The summed E-state index contributed by atoms with van der Waals surface area (Å²) in [5.74, 6) is -0.0390. The summed E-state index contributed by atoms with van der Waals surface area (Å²) in [5.41, 5.74) is 5.17. The molecule has 0 aliphatic carbocycles. The molecule has 0 saturated carbocycles. The third-order valence-corrected chi connectivity index (χ3v) is 6.15. The van der Waals surface area contributed by atoms with Crippen LogP contribution in [0.5, 0.6) is 0 Å². The second-order valence-electron chi connectivity index (χ2n) is 8.47. The Morgan fingerprint density at radius 1 is 0.969 bits per heavy atom. The van der Waals surface area contributed by atoms with E-state index in [9.17, 15) is 4.79 Å². The Labute approximate surface area is 190 Å². The van der Waals surface area contributed by atoms with Gasteiger partial charge in [-0.25, -0.2) is 4.68 Å². The summed E-state index contributed by atoms with van der Waals surface area (Å²) < 4.78 is 1.88. The predicted octanol–water partition coefficient (Wildman–Crippen LogP) is 3.29. The number of hydrogen-bond donors (Lipinski definition) is 1. The van der Waals surface area contributed by atoms with Crippen molar-refractivity contribution in [2.24, 2.45) is 0 Å². The van der Waals surface area contributed by atoms with Crippen LogP contribution < -0.4 is 5.32 Å². The van der Waals surface area contributed by atoms with Crippen molar-refractivity contribution in [2.75, 3.05) is 39.3 Å². The van der Waals surface area contributed by atoms with Gasteiger partial charge < -0.3 is 5.32 Å². The SMILES string of the molecule is CCc1c(C(=O)NCCN2CCN(Cc3ccccc3)CC2)cnn1-c1ccc(C)cc1. The zero-order valence-corrected chi connectivity index (χ0v) is 19.1. The van der Waals surface area contributed by atoms with Crippen LogP contribution in [0.4, 0.5) is 0 Å². The molecule has 0 radical (unpaired) electrons.